The average Bonchev–Trinajstić information content (AvgIpc) is 2.85. The molecule has 0 unspecified atom stereocenters. The molecule has 1 N–H and O–H groups in total. The van der Waals surface area contributed by atoms with E-state index in [1.54, 1.807) is 44.2 Å². The van der Waals surface area contributed by atoms with Crippen LogP contribution in [0, 0.1) is 11.8 Å². The molecule has 3 rings (SSSR count). The van der Waals surface area contributed by atoms with Gasteiger partial charge in [0.1, 0.15) is 12.4 Å². The van der Waals surface area contributed by atoms with Crippen LogP contribution in [0.1, 0.15) is 63.2 Å². The number of nitrogens with zero attached hydrogens (tertiary/aromatic N) is 2. The van der Waals surface area contributed by atoms with Crippen LogP contribution in [0.3, 0.4) is 0 Å². The van der Waals surface area contributed by atoms with Gasteiger partial charge >= 0.3 is 0 Å². The fourth-order valence-electron chi connectivity index (χ4n) is 5.12. The first-order chi connectivity index (χ1) is 16.6. The van der Waals surface area contributed by atoms with Crippen molar-refractivity contribution in [3.63, 3.8) is 0 Å². The van der Waals surface area contributed by atoms with Gasteiger partial charge in [-0.1, -0.05) is 26.2 Å². The SMILES string of the molecule is CCS(=O)(=O)Nc1ccc2c(c1)C(=O)N(C)C[C@@H](OC)[C@H](C)CN(CC1CCCCC1)[C@@H](C)CO2. The summed E-state index contributed by atoms with van der Waals surface area (Å²) in [6.45, 7) is 8.75. The van der Waals surface area contributed by atoms with Crippen molar-refractivity contribution < 1.29 is 22.7 Å². The van der Waals surface area contributed by atoms with Crippen LogP contribution in [0.25, 0.3) is 0 Å². The zero-order valence-electron chi connectivity index (χ0n) is 22.0. The van der Waals surface area contributed by atoms with Gasteiger partial charge in [-0.05, 0) is 56.7 Å². The number of hydrogen-bond donors (Lipinski definition) is 1. The van der Waals surface area contributed by atoms with E-state index in [1.807, 2.05) is 0 Å². The van der Waals surface area contributed by atoms with Gasteiger partial charge in [-0.25, -0.2) is 8.42 Å². The molecular formula is C26H43N3O5S. The van der Waals surface area contributed by atoms with Gasteiger partial charge in [-0.3, -0.25) is 14.4 Å². The topological polar surface area (TPSA) is 88.2 Å². The lowest BCUT2D eigenvalue weighted by Gasteiger charge is -2.38. The number of fused-ring (bicyclic) bond motifs is 1. The molecule has 9 heteroatoms. The second-order valence-corrected chi connectivity index (χ2v) is 12.3. The van der Waals surface area contributed by atoms with Crippen molar-refractivity contribution in [3.8, 4) is 5.75 Å². The molecule has 1 heterocycles. The Balaban J connectivity index is 1.91. The normalized spacial score (nSPS) is 25.8. The molecule has 2 aliphatic rings. The quantitative estimate of drug-likeness (QED) is 0.627. The summed E-state index contributed by atoms with van der Waals surface area (Å²) >= 11 is 0. The molecule has 0 radical (unpaired) electrons. The molecule has 1 aromatic rings. The predicted molar refractivity (Wildman–Crippen MR) is 140 cm³/mol. The van der Waals surface area contributed by atoms with E-state index in [9.17, 15) is 13.2 Å². The second kappa shape index (κ2) is 12.4. The molecule has 3 atom stereocenters. The Morgan fingerprint density at radius 1 is 1.14 bits per heavy atom. The highest BCUT2D eigenvalue weighted by atomic mass is 32.2. The monoisotopic (exact) mass is 509 g/mol. The van der Waals surface area contributed by atoms with Crippen molar-refractivity contribution >= 4 is 21.6 Å². The summed E-state index contributed by atoms with van der Waals surface area (Å²) in [4.78, 5) is 17.6. The molecule has 0 spiro atoms. The number of amides is 1. The molecule has 0 bridgehead atoms. The molecule has 0 saturated heterocycles. The highest BCUT2D eigenvalue weighted by Gasteiger charge is 2.30. The third-order valence-electron chi connectivity index (χ3n) is 7.44. The highest BCUT2D eigenvalue weighted by molar-refractivity contribution is 7.92. The van der Waals surface area contributed by atoms with Crippen LogP contribution in [0.2, 0.25) is 0 Å². The van der Waals surface area contributed by atoms with Crippen molar-refractivity contribution in [1.29, 1.82) is 0 Å². The Hall–Kier alpha value is -1.84. The highest BCUT2D eigenvalue weighted by Crippen LogP contribution is 2.29. The number of hydrogen-bond acceptors (Lipinski definition) is 6. The summed E-state index contributed by atoms with van der Waals surface area (Å²) < 4.78 is 38.8. The maximum Gasteiger partial charge on any atom is 0.257 e. The zero-order valence-corrected chi connectivity index (χ0v) is 22.8. The summed E-state index contributed by atoms with van der Waals surface area (Å²) in [5, 5.41) is 0. The first-order valence-electron chi connectivity index (χ1n) is 12.9. The molecule has 8 nitrogen and oxygen atoms in total. The van der Waals surface area contributed by atoms with Gasteiger partial charge in [-0.15, -0.1) is 0 Å². The van der Waals surface area contributed by atoms with E-state index in [4.69, 9.17) is 9.47 Å². The van der Waals surface area contributed by atoms with Gasteiger partial charge < -0.3 is 14.4 Å². The second-order valence-electron chi connectivity index (χ2n) is 10.3. The summed E-state index contributed by atoms with van der Waals surface area (Å²) in [5.41, 5.74) is 0.699. The number of carbonyl (C=O) groups excluding carboxylic acids is 1. The Bertz CT molecular complexity index is 948. The first kappa shape index (κ1) is 27.7. The van der Waals surface area contributed by atoms with Crippen molar-refractivity contribution in [2.24, 2.45) is 11.8 Å². The number of sulfonamides is 1. The average molecular weight is 510 g/mol. The molecule has 1 saturated carbocycles. The molecule has 1 fully saturated rings. The molecule has 1 aliphatic heterocycles. The van der Waals surface area contributed by atoms with Crippen LogP contribution < -0.4 is 9.46 Å². The summed E-state index contributed by atoms with van der Waals surface area (Å²) in [5.74, 6) is 1.13. The number of benzene rings is 1. The number of rotatable bonds is 6. The minimum Gasteiger partial charge on any atom is -0.491 e. The minimum atomic E-state index is -3.46. The molecular weight excluding hydrogens is 466 g/mol. The third kappa shape index (κ3) is 7.57. The van der Waals surface area contributed by atoms with Crippen LogP contribution in [-0.2, 0) is 14.8 Å². The van der Waals surface area contributed by atoms with Crippen LogP contribution in [0.5, 0.6) is 5.75 Å². The lowest BCUT2D eigenvalue weighted by atomic mass is 9.88. The van der Waals surface area contributed by atoms with Crippen molar-refractivity contribution in [2.75, 3.05) is 50.9 Å². The molecule has 198 valence electrons. The number of carbonyl (C=O) groups is 1. The third-order valence-corrected chi connectivity index (χ3v) is 8.75. The van der Waals surface area contributed by atoms with Crippen molar-refractivity contribution in [1.82, 2.24) is 9.80 Å². The van der Waals surface area contributed by atoms with E-state index in [-0.39, 0.29) is 29.7 Å². The number of likely N-dealkylation sites (N-methyl/N-ethyl adjacent to an activating group) is 1. The largest absolute Gasteiger partial charge is 0.491 e. The summed E-state index contributed by atoms with van der Waals surface area (Å²) in [6, 6.07) is 5.07. The van der Waals surface area contributed by atoms with Gasteiger partial charge in [0.2, 0.25) is 10.0 Å². The molecule has 1 amide bonds. The van der Waals surface area contributed by atoms with E-state index in [2.05, 4.69) is 23.5 Å². The maximum atomic E-state index is 13.4. The van der Waals surface area contributed by atoms with Crippen LogP contribution in [0.4, 0.5) is 5.69 Å². The van der Waals surface area contributed by atoms with Gasteiger partial charge in [0.05, 0.1) is 17.4 Å². The van der Waals surface area contributed by atoms with Crippen LogP contribution in [0.15, 0.2) is 18.2 Å². The molecule has 0 aromatic heterocycles. The smallest absolute Gasteiger partial charge is 0.257 e. The van der Waals surface area contributed by atoms with Crippen molar-refractivity contribution in [2.45, 2.75) is 65.0 Å². The van der Waals surface area contributed by atoms with Crippen LogP contribution >= 0.6 is 0 Å². The minimum absolute atomic E-state index is 0.0455. The Morgan fingerprint density at radius 2 is 1.86 bits per heavy atom. The van der Waals surface area contributed by atoms with Crippen molar-refractivity contribution in [3.05, 3.63) is 23.8 Å². The van der Waals surface area contributed by atoms with E-state index in [1.165, 1.54) is 32.1 Å². The van der Waals surface area contributed by atoms with Gasteiger partial charge in [0, 0.05) is 45.5 Å². The molecule has 35 heavy (non-hydrogen) atoms. The maximum absolute atomic E-state index is 13.4. The van der Waals surface area contributed by atoms with E-state index in [0.29, 0.717) is 36.1 Å². The Kier molecular flexibility index (Phi) is 9.84. The number of methoxy groups -OCH3 is 1. The van der Waals surface area contributed by atoms with Gasteiger partial charge in [-0.2, -0.15) is 0 Å². The molecule has 1 aliphatic carbocycles. The van der Waals surface area contributed by atoms with E-state index >= 15 is 0 Å². The van der Waals surface area contributed by atoms with Gasteiger partial charge in [0.25, 0.3) is 5.91 Å². The fraction of sp³-hybridized carbons (Fsp3) is 0.731. The summed E-state index contributed by atoms with van der Waals surface area (Å²) in [7, 11) is -0.00754. The predicted octanol–water partition coefficient (Wildman–Crippen LogP) is 3.83. The fourth-order valence-corrected chi connectivity index (χ4v) is 5.75. The number of nitrogens with one attached hydrogen (secondary N) is 1. The first-order valence-corrected chi connectivity index (χ1v) is 14.6. The number of ether oxygens (including phenoxy) is 2. The van der Waals surface area contributed by atoms with E-state index < -0.39 is 10.0 Å². The zero-order chi connectivity index (χ0) is 25.6. The Labute approximate surface area is 211 Å². The Morgan fingerprint density at radius 3 is 2.51 bits per heavy atom. The number of anilines is 1. The van der Waals surface area contributed by atoms with Crippen LogP contribution in [-0.4, -0.2) is 82.4 Å². The lowest BCUT2D eigenvalue weighted by Crippen LogP contribution is -2.48. The van der Waals surface area contributed by atoms with E-state index in [0.717, 1.165) is 13.1 Å². The standard InChI is InChI=1S/C26H43N3O5S/c1-6-35(31,32)27-22-12-13-24-23(14-22)26(30)28(4)17-25(33-5)19(2)15-29(20(3)18-34-24)16-21-10-8-7-9-11-21/h12-14,19-21,25,27H,6-11,15-18H2,1-5H3/t19-,20+,25-/m1/s1. The van der Waals surface area contributed by atoms with Gasteiger partial charge in [0.15, 0.2) is 0 Å². The summed E-state index contributed by atoms with van der Waals surface area (Å²) in [6.07, 6.45) is 6.40. The lowest BCUT2D eigenvalue weighted by molar-refractivity contribution is 0.00690. The molecule has 1 aromatic carbocycles.